The van der Waals surface area contributed by atoms with E-state index in [0.717, 1.165) is 31.5 Å². The van der Waals surface area contributed by atoms with Crippen LogP contribution in [0.15, 0.2) is 24.3 Å². The van der Waals surface area contributed by atoms with Gasteiger partial charge in [0.05, 0.1) is 5.54 Å². The van der Waals surface area contributed by atoms with Gasteiger partial charge in [-0.25, -0.2) is 0 Å². The molecule has 1 saturated heterocycles. The van der Waals surface area contributed by atoms with Gasteiger partial charge in [-0.05, 0) is 44.1 Å². The molecule has 0 aliphatic carbocycles. The molecule has 0 radical (unpaired) electrons. The molecule has 5 heteroatoms. The maximum absolute atomic E-state index is 12.2. The van der Waals surface area contributed by atoms with Crippen molar-refractivity contribution < 1.29 is 13.5 Å². The van der Waals surface area contributed by atoms with Crippen molar-refractivity contribution in [2.45, 2.75) is 25.0 Å². The second-order valence-corrected chi connectivity index (χ2v) is 4.90. The molecule has 1 aromatic carbocycles. The number of rotatable bonds is 3. The fourth-order valence-corrected chi connectivity index (χ4v) is 2.52. The summed E-state index contributed by atoms with van der Waals surface area (Å²) in [7, 11) is 2.01. The van der Waals surface area contributed by atoms with Gasteiger partial charge in [-0.15, -0.1) is 0 Å². The summed E-state index contributed by atoms with van der Waals surface area (Å²) in [5, 5.41) is 0. The Hall–Kier alpha value is -1.20. The molecule has 1 aliphatic heterocycles. The maximum Gasteiger partial charge on any atom is 0.387 e. The Morgan fingerprint density at radius 3 is 2.89 bits per heavy atom. The van der Waals surface area contributed by atoms with Crippen LogP contribution in [0, 0.1) is 0 Å². The zero-order chi connectivity index (χ0) is 13.2. The Morgan fingerprint density at radius 2 is 2.22 bits per heavy atom. The smallest absolute Gasteiger partial charge is 0.387 e. The standard InChI is InChI=1S/C13H18F2N2O/c1-17-7-3-6-13(16,9-17)10-4-2-5-11(8-10)18-12(14)15/h2,4-5,8,12H,3,6-7,9,16H2,1H3. The van der Waals surface area contributed by atoms with Gasteiger partial charge in [0.2, 0.25) is 0 Å². The molecular weight excluding hydrogens is 238 g/mol. The minimum atomic E-state index is -2.80. The topological polar surface area (TPSA) is 38.5 Å². The zero-order valence-corrected chi connectivity index (χ0v) is 10.4. The van der Waals surface area contributed by atoms with Crippen LogP contribution in [0.3, 0.4) is 0 Å². The van der Waals surface area contributed by atoms with Crippen LogP contribution in [-0.2, 0) is 5.54 Å². The average molecular weight is 256 g/mol. The van der Waals surface area contributed by atoms with Gasteiger partial charge < -0.3 is 15.4 Å². The van der Waals surface area contributed by atoms with Crippen molar-refractivity contribution >= 4 is 0 Å². The molecular formula is C13H18F2N2O. The molecule has 1 atom stereocenters. The monoisotopic (exact) mass is 256 g/mol. The summed E-state index contributed by atoms with van der Waals surface area (Å²) in [4.78, 5) is 2.16. The first-order valence-electron chi connectivity index (χ1n) is 6.02. The normalized spacial score (nSPS) is 25.4. The Kier molecular flexibility index (Phi) is 3.82. The van der Waals surface area contributed by atoms with Crippen molar-refractivity contribution in [1.29, 1.82) is 0 Å². The Balaban J connectivity index is 2.21. The third kappa shape index (κ3) is 2.97. The number of piperidine rings is 1. The molecule has 1 aliphatic rings. The lowest BCUT2D eigenvalue weighted by atomic mass is 9.83. The number of alkyl halides is 2. The van der Waals surface area contributed by atoms with Crippen molar-refractivity contribution in [2.24, 2.45) is 5.73 Å². The van der Waals surface area contributed by atoms with Crippen molar-refractivity contribution in [3.63, 3.8) is 0 Å². The van der Waals surface area contributed by atoms with Gasteiger partial charge >= 0.3 is 6.61 Å². The van der Waals surface area contributed by atoms with E-state index in [4.69, 9.17) is 5.73 Å². The summed E-state index contributed by atoms with van der Waals surface area (Å²) < 4.78 is 28.8. The molecule has 0 amide bonds. The van der Waals surface area contributed by atoms with Gasteiger partial charge in [0.25, 0.3) is 0 Å². The maximum atomic E-state index is 12.2. The number of likely N-dealkylation sites (tertiary alicyclic amines) is 1. The molecule has 2 N–H and O–H groups in total. The largest absolute Gasteiger partial charge is 0.435 e. The van der Waals surface area contributed by atoms with Crippen LogP contribution < -0.4 is 10.5 Å². The van der Waals surface area contributed by atoms with E-state index >= 15 is 0 Å². The lowest BCUT2D eigenvalue weighted by Crippen LogP contribution is -2.50. The summed E-state index contributed by atoms with van der Waals surface area (Å²) in [6, 6.07) is 6.71. The summed E-state index contributed by atoms with van der Waals surface area (Å²) in [5.74, 6) is 0.167. The van der Waals surface area contributed by atoms with Crippen molar-refractivity contribution in [1.82, 2.24) is 4.90 Å². The van der Waals surface area contributed by atoms with E-state index < -0.39 is 12.2 Å². The highest BCUT2D eigenvalue weighted by atomic mass is 19.3. The van der Waals surface area contributed by atoms with E-state index in [9.17, 15) is 8.78 Å². The number of halogens is 2. The lowest BCUT2D eigenvalue weighted by Gasteiger charge is -2.39. The highest BCUT2D eigenvalue weighted by Crippen LogP contribution is 2.30. The van der Waals surface area contributed by atoms with Crippen LogP contribution in [0.1, 0.15) is 18.4 Å². The average Bonchev–Trinajstić information content (AvgIpc) is 2.28. The van der Waals surface area contributed by atoms with Crippen LogP contribution >= 0.6 is 0 Å². The number of nitrogens with zero attached hydrogens (tertiary/aromatic N) is 1. The number of hydrogen-bond acceptors (Lipinski definition) is 3. The molecule has 3 nitrogen and oxygen atoms in total. The van der Waals surface area contributed by atoms with E-state index in [0.29, 0.717) is 0 Å². The predicted octanol–water partition coefficient (Wildman–Crippen LogP) is 2.17. The molecule has 100 valence electrons. The molecule has 1 fully saturated rings. The minimum absolute atomic E-state index is 0.167. The number of ether oxygens (including phenoxy) is 1. The third-order valence-corrected chi connectivity index (χ3v) is 3.35. The zero-order valence-electron chi connectivity index (χ0n) is 10.4. The quantitative estimate of drug-likeness (QED) is 0.900. The molecule has 0 bridgehead atoms. The van der Waals surface area contributed by atoms with Crippen LogP contribution in [0.2, 0.25) is 0 Å². The molecule has 0 spiro atoms. The first kappa shape index (κ1) is 13.2. The minimum Gasteiger partial charge on any atom is -0.435 e. The van der Waals surface area contributed by atoms with E-state index in [1.165, 1.54) is 6.07 Å². The van der Waals surface area contributed by atoms with Gasteiger partial charge in [0.1, 0.15) is 5.75 Å². The number of hydrogen-bond donors (Lipinski definition) is 1. The van der Waals surface area contributed by atoms with Gasteiger partial charge in [-0.1, -0.05) is 12.1 Å². The Bertz CT molecular complexity index is 414. The third-order valence-electron chi connectivity index (χ3n) is 3.35. The first-order valence-corrected chi connectivity index (χ1v) is 6.02. The van der Waals surface area contributed by atoms with Gasteiger partial charge in [0, 0.05) is 6.54 Å². The van der Waals surface area contributed by atoms with E-state index in [-0.39, 0.29) is 5.75 Å². The molecule has 2 rings (SSSR count). The van der Waals surface area contributed by atoms with Crippen LogP contribution in [0.4, 0.5) is 8.78 Å². The van der Waals surface area contributed by atoms with Crippen molar-refractivity contribution in [2.75, 3.05) is 20.1 Å². The van der Waals surface area contributed by atoms with Gasteiger partial charge in [-0.3, -0.25) is 0 Å². The SMILES string of the molecule is CN1CCCC(N)(c2cccc(OC(F)F)c2)C1. The van der Waals surface area contributed by atoms with Crippen molar-refractivity contribution in [3.8, 4) is 5.75 Å². The Morgan fingerprint density at radius 1 is 1.44 bits per heavy atom. The van der Waals surface area contributed by atoms with Crippen LogP contribution in [0.5, 0.6) is 5.75 Å². The molecule has 1 aromatic rings. The highest BCUT2D eigenvalue weighted by Gasteiger charge is 2.32. The van der Waals surface area contributed by atoms with E-state index in [1.54, 1.807) is 12.1 Å². The number of likely N-dealkylation sites (N-methyl/N-ethyl adjacent to an activating group) is 1. The summed E-state index contributed by atoms with van der Waals surface area (Å²) in [6.07, 6.45) is 1.86. The lowest BCUT2D eigenvalue weighted by molar-refractivity contribution is -0.0499. The van der Waals surface area contributed by atoms with Crippen molar-refractivity contribution in [3.05, 3.63) is 29.8 Å². The Labute approximate surface area is 106 Å². The van der Waals surface area contributed by atoms with Gasteiger partial charge in [-0.2, -0.15) is 8.78 Å². The molecule has 0 saturated carbocycles. The summed E-state index contributed by atoms with van der Waals surface area (Å²) >= 11 is 0. The fraction of sp³-hybridized carbons (Fsp3) is 0.538. The number of benzene rings is 1. The predicted molar refractivity (Wildman–Crippen MR) is 65.7 cm³/mol. The van der Waals surface area contributed by atoms with E-state index in [1.807, 2.05) is 13.1 Å². The first-order chi connectivity index (χ1) is 8.49. The van der Waals surface area contributed by atoms with Crippen LogP contribution in [-0.4, -0.2) is 31.6 Å². The summed E-state index contributed by atoms with van der Waals surface area (Å²) in [6.45, 7) is -1.06. The molecule has 0 aromatic heterocycles. The second-order valence-electron chi connectivity index (χ2n) is 4.90. The van der Waals surface area contributed by atoms with Crippen LogP contribution in [0.25, 0.3) is 0 Å². The van der Waals surface area contributed by atoms with Gasteiger partial charge in [0.15, 0.2) is 0 Å². The fourth-order valence-electron chi connectivity index (χ4n) is 2.52. The highest BCUT2D eigenvalue weighted by molar-refractivity contribution is 5.34. The second kappa shape index (κ2) is 5.20. The van der Waals surface area contributed by atoms with E-state index in [2.05, 4.69) is 9.64 Å². The summed E-state index contributed by atoms with van der Waals surface area (Å²) in [5.41, 5.74) is 6.76. The molecule has 18 heavy (non-hydrogen) atoms. The molecule has 1 heterocycles. The molecule has 1 unspecified atom stereocenters. The number of nitrogens with two attached hydrogens (primary N) is 1.